The number of aromatic nitrogens is 2. The topological polar surface area (TPSA) is 224 Å². The molecule has 3 N–H and O–H groups in total. The van der Waals surface area contributed by atoms with Crippen LogP contribution in [0.25, 0.3) is 0 Å². The predicted octanol–water partition coefficient (Wildman–Crippen LogP) is 7.01. The van der Waals surface area contributed by atoms with Crippen LogP contribution in [0.4, 0.5) is 5.95 Å². The van der Waals surface area contributed by atoms with Gasteiger partial charge < -0.3 is 48.8 Å². The van der Waals surface area contributed by atoms with Crippen LogP contribution in [-0.4, -0.2) is 154 Å². The van der Waals surface area contributed by atoms with Crippen molar-refractivity contribution in [3.05, 3.63) is 66.1 Å². The molecule has 422 valence electrons. The molecule has 3 saturated heterocycles. The van der Waals surface area contributed by atoms with Crippen molar-refractivity contribution in [1.29, 1.82) is 0 Å². The maximum absolute atomic E-state index is 14.6. The second-order valence-corrected chi connectivity index (χ2v) is 22.7. The normalized spacial score (nSPS) is 37.7. The van der Waals surface area contributed by atoms with Gasteiger partial charge in [-0.2, -0.15) is 0 Å². The number of anilines is 1. The molecule has 1 saturated carbocycles. The van der Waals surface area contributed by atoms with Gasteiger partial charge in [-0.3, -0.25) is 19.2 Å². The number of aliphatic hydroxyl groups is 3. The molecule has 0 aromatic carbocycles. The molecule has 76 heavy (non-hydrogen) atoms. The number of hydrogen-bond acceptors (Lipinski definition) is 16. The van der Waals surface area contributed by atoms with E-state index in [0.29, 0.717) is 102 Å². The number of fused-ring (bicyclic) bond motifs is 3. The van der Waals surface area contributed by atoms with Gasteiger partial charge in [-0.1, -0.05) is 71.1 Å². The summed E-state index contributed by atoms with van der Waals surface area (Å²) in [5, 5.41) is 34.4. The van der Waals surface area contributed by atoms with Crippen molar-refractivity contribution in [2.24, 2.45) is 35.5 Å². The Hall–Kier alpha value is -4.49. The highest BCUT2D eigenvalue weighted by Crippen LogP contribution is 2.38. The molecule has 15 atom stereocenters. The van der Waals surface area contributed by atoms with Gasteiger partial charge in [0.25, 0.3) is 11.7 Å². The van der Waals surface area contributed by atoms with E-state index in [1.807, 2.05) is 58.1 Å². The summed E-state index contributed by atoms with van der Waals surface area (Å²) >= 11 is 0. The lowest BCUT2D eigenvalue weighted by Gasteiger charge is -2.43. The highest BCUT2D eigenvalue weighted by atomic mass is 16.6. The summed E-state index contributed by atoms with van der Waals surface area (Å²) in [6, 6.07) is 0.622. The largest absolute Gasteiger partial charge is 0.460 e. The van der Waals surface area contributed by atoms with Gasteiger partial charge >= 0.3 is 5.97 Å². The van der Waals surface area contributed by atoms with Crippen LogP contribution in [0, 0.1) is 35.5 Å². The van der Waals surface area contributed by atoms with Gasteiger partial charge in [-0.05, 0) is 126 Å². The molecule has 6 rings (SSSR count). The fourth-order valence-electron chi connectivity index (χ4n) is 11.9. The Morgan fingerprint density at radius 3 is 2.25 bits per heavy atom. The Kier molecular flexibility index (Phi) is 22.7. The first kappa shape index (κ1) is 60.7. The van der Waals surface area contributed by atoms with E-state index in [2.05, 4.69) is 14.9 Å². The molecular formula is C59H88N4O13. The fraction of sp³-hybridized carbons (Fsp3) is 0.712. The minimum absolute atomic E-state index is 0.00707. The lowest BCUT2D eigenvalue weighted by molar-refractivity contribution is -0.266. The number of ketones is 3. The number of carbonyl (C=O) groups excluding carboxylic acids is 5. The zero-order valence-electron chi connectivity index (χ0n) is 46.6. The Balaban J connectivity index is 1.30. The number of nitrogens with zero attached hydrogens (tertiary/aromatic N) is 4. The molecule has 0 radical (unpaired) electrons. The molecule has 2 bridgehead atoms. The molecule has 4 aliphatic heterocycles. The van der Waals surface area contributed by atoms with Crippen LogP contribution in [0.3, 0.4) is 0 Å². The quantitative estimate of drug-likeness (QED) is 0.135. The van der Waals surface area contributed by atoms with Crippen molar-refractivity contribution < 1.29 is 63.0 Å². The van der Waals surface area contributed by atoms with Crippen LogP contribution in [0.5, 0.6) is 0 Å². The zero-order chi connectivity index (χ0) is 55.3. The summed E-state index contributed by atoms with van der Waals surface area (Å²) in [7, 11) is 2.95. The standard InChI is InChI=1S/C59H88N4O13/c1-36-16-11-10-12-17-37(2)49(74-44-23-28-62(29-24-44)58-60-25-15-26-61-58)34-45-21-19-42(7)59(71,76-45)55(68)56(69)63-27-14-13-18-46(63)57(70)75-50(39(4)32-43-20-22-47(64)51(33-43)72-8)35-48(65)38(3)31-41(6)53(67)54(73-9)52(66)40(5)30-36/h10-12,15-17,25-26,31,36,38-40,42-47,49-51,53-54,64,67,71H,13-14,18-24,27-30,32-35H2,1-9H3/b12-10+,16-11+,37-17+,41-31+/t36-,38-,39-,40-,42-,43+,45+,46+,47-,49+,50+,51-,53-,54+,59-/m1/s1. The van der Waals surface area contributed by atoms with Gasteiger partial charge in [-0.15, -0.1) is 0 Å². The van der Waals surface area contributed by atoms with Crippen LogP contribution in [0.1, 0.15) is 138 Å². The molecule has 1 aliphatic carbocycles. The van der Waals surface area contributed by atoms with E-state index in [4.69, 9.17) is 23.7 Å². The van der Waals surface area contributed by atoms with E-state index in [1.54, 1.807) is 52.4 Å². The summed E-state index contributed by atoms with van der Waals surface area (Å²) in [5.74, 6) is -7.49. The maximum Gasteiger partial charge on any atom is 0.329 e. The molecule has 0 spiro atoms. The summed E-state index contributed by atoms with van der Waals surface area (Å²) in [6.45, 7) is 14.2. The van der Waals surface area contributed by atoms with Gasteiger partial charge in [-0.25, -0.2) is 14.8 Å². The molecule has 1 aromatic rings. The molecule has 1 amide bonds. The van der Waals surface area contributed by atoms with Crippen LogP contribution in [0.2, 0.25) is 0 Å². The van der Waals surface area contributed by atoms with Crippen molar-refractivity contribution in [2.75, 3.05) is 38.8 Å². The molecule has 17 nitrogen and oxygen atoms in total. The van der Waals surface area contributed by atoms with Crippen LogP contribution < -0.4 is 4.90 Å². The van der Waals surface area contributed by atoms with Crippen molar-refractivity contribution in [2.45, 2.75) is 199 Å². The highest BCUT2D eigenvalue weighted by Gasteiger charge is 2.53. The highest BCUT2D eigenvalue weighted by molar-refractivity contribution is 6.39. The van der Waals surface area contributed by atoms with E-state index >= 15 is 0 Å². The van der Waals surface area contributed by atoms with Crippen molar-refractivity contribution >= 4 is 35.2 Å². The maximum atomic E-state index is 14.6. The number of cyclic esters (lactones) is 1. The third-order valence-electron chi connectivity index (χ3n) is 16.8. The second kappa shape index (κ2) is 28.4. The van der Waals surface area contributed by atoms with E-state index < -0.39 is 83.9 Å². The van der Waals surface area contributed by atoms with Crippen molar-refractivity contribution in [3.8, 4) is 0 Å². The summed E-state index contributed by atoms with van der Waals surface area (Å²) in [4.78, 5) is 84.0. The van der Waals surface area contributed by atoms with Gasteiger partial charge in [0.15, 0.2) is 5.78 Å². The minimum Gasteiger partial charge on any atom is -0.460 e. The van der Waals surface area contributed by atoms with Crippen LogP contribution >= 0.6 is 0 Å². The molecule has 0 unspecified atom stereocenters. The number of amides is 1. The molecule has 5 heterocycles. The Morgan fingerprint density at radius 1 is 0.829 bits per heavy atom. The van der Waals surface area contributed by atoms with Crippen molar-refractivity contribution in [1.82, 2.24) is 14.9 Å². The number of Topliss-reactive ketones (excluding diaryl/α,β-unsaturated/α-hetero) is 3. The number of allylic oxidation sites excluding steroid dienone is 6. The molecular weight excluding hydrogens is 973 g/mol. The zero-order valence-corrected chi connectivity index (χ0v) is 46.6. The number of carbonyl (C=O) groups is 5. The van der Waals surface area contributed by atoms with Crippen LogP contribution in [-0.2, 0) is 47.7 Å². The summed E-state index contributed by atoms with van der Waals surface area (Å²) in [6.07, 6.45) is 15.8. The number of hydrogen-bond donors (Lipinski definition) is 3. The Morgan fingerprint density at radius 2 is 1.55 bits per heavy atom. The summed E-state index contributed by atoms with van der Waals surface area (Å²) in [5.41, 5.74) is 1.28. The van der Waals surface area contributed by atoms with E-state index in [-0.39, 0.29) is 60.9 Å². The number of ether oxygens (including phenoxy) is 5. The van der Waals surface area contributed by atoms with Gasteiger partial charge in [0.1, 0.15) is 30.1 Å². The number of methoxy groups -OCH3 is 2. The average Bonchev–Trinajstić information content (AvgIpc) is 3.42. The number of piperidine rings is 2. The average molecular weight is 1060 g/mol. The smallest absolute Gasteiger partial charge is 0.329 e. The third kappa shape index (κ3) is 15.8. The number of esters is 1. The molecule has 4 fully saturated rings. The Bertz CT molecular complexity index is 2230. The van der Waals surface area contributed by atoms with E-state index in [1.165, 1.54) is 12.0 Å². The van der Waals surface area contributed by atoms with E-state index in [0.717, 1.165) is 5.57 Å². The SMILES string of the molecule is CO[C@@H]1C[C@H](C[C@@H](C)[C@@H]2CC(=O)[C@H](C)/C=C(\C)[C@@H](O)[C@@H](OC)C(=O)[C@H](C)C[C@H](C)/C=C/C=C/C=C(\C)[C@@H](OC3CCN(c4ncccn4)CC3)C[C@@H]3CC[C@@H](C)[C@@](O)(O3)C(=O)C(=O)N3CCCC[C@H]3C(=O)O2)CC[C@H]1O. The van der Waals surface area contributed by atoms with Crippen molar-refractivity contribution in [3.63, 3.8) is 0 Å². The first-order valence-corrected chi connectivity index (χ1v) is 28.1. The van der Waals surface area contributed by atoms with E-state index in [9.17, 15) is 39.3 Å². The molecule has 5 aliphatic rings. The number of aliphatic hydroxyl groups excluding tert-OH is 2. The second-order valence-electron chi connectivity index (χ2n) is 22.7. The lowest BCUT2D eigenvalue weighted by atomic mass is 9.78. The first-order valence-electron chi connectivity index (χ1n) is 28.1. The van der Waals surface area contributed by atoms with Gasteiger partial charge in [0.05, 0.1) is 30.5 Å². The Labute approximate surface area is 450 Å². The fourth-order valence-corrected chi connectivity index (χ4v) is 11.9. The monoisotopic (exact) mass is 1060 g/mol. The number of rotatable bonds is 8. The first-order chi connectivity index (χ1) is 36.2. The summed E-state index contributed by atoms with van der Waals surface area (Å²) < 4.78 is 30.8. The molecule has 1 aromatic heterocycles. The van der Waals surface area contributed by atoms with Gasteiger partial charge in [0.2, 0.25) is 11.7 Å². The third-order valence-corrected chi connectivity index (χ3v) is 16.8. The minimum atomic E-state index is -2.48. The molecule has 17 heteroatoms. The lowest BCUT2D eigenvalue weighted by Crippen LogP contribution is -2.61. The van der Waals surface area contributed by atoms with Gasteiger partial charge in [0, 0.05) is 76.8 Å². The predicted molar refractivity (Wildman–Crippen MR) is 286 cm³/mol. The van der Waals surface area contributed by atoms with Crippen LogP contribution in [0.15, 0.2) is 66.1 Å².